The molecule has 2 aromatic carbocycles. The van der Waals surface area contributed by atoms with Crippen molar-refractivity contribution >= 4 is 11.6 Å². The zero-order valence-corrected chi connectivity index (χ0v) is 18.6. The van der Waals surface area contributed by atoms with Gasteiger partial charge in [0.25, 0.3) is 0 Å². The van der Waals surface area contributed by atoms with Crippen LogP contribution in [0.25, 0.3) is 0 Å². The van der Waals surface area contributed by atoms with Gasteiger partial charge >= 0.3 is 0 Å². The molecule has 0 fully saturated rings. The lowest BCUT2D eigenvalue weighted by molar-refractivity contribution is 0.395. The van der Waals surface area contributed by atoms with Crippen molar-refractivity contribution in [2.75, 3.05) is 19.6 Å². The van der Waals surface area contributed by atoms with Crippen LogP contribution in [-0.4, -0.2) is 25.7 Å². The largest absolute Gasteiger partial charge is 0.315 e. The summed E-state index contributed by atoms with van der Waals surface area (Å²) in [6, 6.07) is 17.6. The Morgan fingerprint density at radius 3 is 2.39 bits per heavy atom. The molecule has 2 rings (SSSR count). The van der Waals surface area contributed by atoms with Gasteiger partial charge in [0.2, 0.25) is 0 Å². The van der Waals surface area contributed by atoms with Crippen LogP contribution in [-0.2, 0) is 12.8 Å². The van der Waals surface area contributed by atoms with Gasteiger partial charge in [-0.25, -0.2) is 0 Å². The number of aryl methyl sites for hydroxylation is 3. The molecule has 2 N–H and O–H groups in total. The van der Waals surface area contributed by atoms with Gasteiger partial charge in [-0.2, -0.15) is 0 Å². The van der Waals surface area contributed by atoms with Crippen LogP contribution in [0.3, 0.4) is 0 Å². The van der Waals surface area contributed by atoms with E-state index in [9.17, 15) is 0 Å². The summed E-state index contributed by atoms with van der Waals surface area (Å²) in [4.78, 5) is 0. The lowest BCUT2D eigenvalue weighted by Crippen LogP contribution is -2.40. The maximum absolute atomic E-state index is 6.35. The van der Waals surface area contributed by atoms with Gasteiger partial charge in [0, 0.05) is 17.6 Å². The molecule has 0 aliphatic carbocycles. The van der Waals surface area contributed by atoms with Crippen molar-refractivity contribution in [1.29, 1.82) is 0 Å². The predicted octanol–water partition coefficient (Wildman–Crippen LogP) is 5.81. The van der Waals surface area contributed by atoms with Crippen molar-refractivity contribution < 1.29 is 0 Å². The van der Waals surface area contributed by atoms with Crippen LogP contribution in [0.5, 0.6) is 0 Å². The first kappa shape index (κ1) is 22.9. The first-order valence-corrected chi connectivity index (χ1v) is 11.2. The summed E-state index contributed by atoms with van der Waals surface area (Å²) in [7, 11) is 0. The molecular weight excluding hydrogens is 364 g/mol. The van der Waals surface area contributed by atoms with Gasteiger partial charge in [-0.1, -0.05) is 67.9 Å². The molecule has 0 aliphatic rings. The SMILES string of the molecule is Cc1ccc(CCCNC(CNCCCc2ccccc2)CC(C)C)c(Cl)c1. The second-order valence-electron chi connectivity index (χ2n) is 8.27. The third kappa shape index (κ3) is 9.23. The second kappa shape index (κ2) is 13.0. The highest BCUT2D eigenvalue weighted by atomic mass is 35.5. The summed E-state index contributed by atoms with van der Waals surface area (Å²) in [5.41, 5.74) is 3.91. The Hall–Kier alpha value is -1.35. The van der Waals surface area contributed by atoms with Crippen molar-refractivity contribution in [3.05, 3.63) is 70.2 Å². The minimum Gasteiger partial charge on any atom is -0.315 e. The van der Waals surface area contributed by atoms with E-state index >= 15 is 0 Å². The van der Waals surface area contributed by atoms with Crippen molar-refractivity contribution in [3.8, 4) is 0 Å². The van der Waals surface area contributed by atoms with Crippen LogP contribution >= 0.6 is 11.6 Å². The fourth-order valence-corrected chi connectivity index (χ4v) is 3.92. The fraction of sp³-hybridized carbons (Fsp3) is 0.520. The number of hydrogen-bond acceptors (Lipinski definition) is 2. The highest BCUT2D eigenvalue weighted by Crippen LogP contribution is 2.18. The predicted molar refractivity (Wildman–Crippen MR) is 123 cm³/mol. The van der Waals surface area contributed by atoms with E-state index in [-0.39, 0.29) is 0 Å². The third-order valence-electron chi connectivity index (χ3n) is 5.07. The minimum absolute atomic E-state index is 0.533. The van der Waals surface area contributed by atoms with Gasteiger partial charge in [0.05, 0.1) is 0 Å². The molecule has 0 bridgehead atoms. The molecule has 1 atom stereocenters. The minimum atomic E-state index is 0.533. The number of nitrogens with one attached hydrogen (secondary N) is 2. The lowest BCUT2D eigenvalue weighted by Gasteiger charge is -2.21. The molecule has 0 aliphatic heterocycles. The topological polar surface area (TPSA) is 24.1 Å². The molecule has 1 unspecified atom stereocenters. The standard InChI is InChI=1S/C25H37ClN2/c1-20(2)17-24(19-27-15-7-11-22-9-5-4-6-10-22)28-16-8-12-23-14-13-21(3)18-25(23)26/h4-6,9-10,13-14,18,20,24,27-28H,7-8,11-12,15-17,19H2,1-3H3. The Bertz CT molecular complexity index is 670. The highest BCUT2D eigenvalue weighted by Gasteiger charge is 2.10. The van der Waals surface area contributed by atoms with Gasteiger partial charge < -0.3 is 10.6 Å². The van der Waals surface area contributed by atoms with E-state index in [1.54, 1.807) is 0 Å². The molecule has 0 amide bonds. The Balaban J connectivity index is 1.64. The average Bonchev–Trinajstić information content (AvgIpc) is 2.66. The normalized spacial score (nSPS) is 12.5. The summed E-state index contributed by atoms with van der Waals surface area (Å²) in [6.07, 6.45) is 5.69. The quantitative estimate of drug-likeness (QED) is 0.414. The van der Waals surface area contributed by atoms with Gasteiger partial charge in [-0.05, 0) is 80.8 Å². The van der Waals surface area contributed by atoms with Crippen LogP contribution in [0.4, 0.5) is 0 Å². The molecule has 0 saturated heterocycles. The van der Waals surface area contributed by atoms with Gasteiger partial charge in [-0.15, -0.1) is 0 Å². The molecule has 154 valence electrons. The average molecular weight is 401 g/mol. The Kier molecular flexibility index (Phi) is 10.6. The van der Waals surface area contributed by atoms with Crippen molar-refractivity contribution in [1.82, 2.24) is 10.6 Å². The first-order chi connectivity index (χ1) is 13.5. The van der Waals surface area contributed by atoms with Crippen LogP contribution in [0, 0.1) is 12.8 Å². The summed E-state index contributed by atoms with van der Waals surface area (Å²) >= 11 is 6.35. The first-order valence-electron chi connectivity index (χ1n) is 10.8. The summed E-state index contributed by atoms with van der Waals surface area (Å²) in [5, 5.41) is 8.31. The Labute approximate surface area is 177 Å². The van der Waals surface area contributed by atoms with E-state index < -0.39 is 0 Å². The number of benzene rings is 2. The molecule has 0 aromatic heterocycles. The highest BCUT2D eigenvalue weighted by molar-refractivity contribution is 6.31. The number of rotatable bonds is 13. The molecule has 0 radical (unpaired) electrons. The molecule has 0 heterocycles. The lowest BCUT2D eigenvalue weighted by atomic mass is 10.0. The van der Waals surface area contributed by atoms with Gasteiger partial charge in [0.1, 0.15) is 0 Å². The van der Waals surface area contributed by atoms with E-state index in [0.29, 0.717) is 12.0 Å². The van der Waals surface area contributed by atoms with Crippen molar-refractivity contribution in [2.24, 2.45) is 5.92 Å². The van der Waals surface area contributed by atoms with E-state index in [1.165, 1.54) is 29.5 Å². The van der Waals surface area contributed by atoms with Crippen LogP contribution in [0.15, 0.2) is 48.5 Å². The second-order valence-corrected chi connectivity index (χ2v) is 8.68. The van der Waals surface area contributed by atoms with Crippen LogP contribution in [0.1, 0.15) is 49.8 Å². The number of hydrogen-bond donors (Lipinski definition) is 2. The Morgan fingerprint density at radius 1 is 0.929 bits per heavy atom. The summed E-state index contributed by atoms with van der Waals surface area (Å²) in [6.45, 7) is 9.84. The zero-order chi connectivity index (χ0) is 20.2. The van der Waals surface area contributed by atoms with Crippen molar-refractivity contribution in [2.45, 2.75) is 58.9 Å². The maximum Gasteiger partial charge on any atom is 0.0440 e. The molecule has 2 nitrogen and oxygen atoms in total. The van der Waals surface area contributed by atoms with E-state index in [4.69, 9.17) is 11.6 Å². The summed E-state index contributed by atoms with van der Waals surface area (Å²) in [5.74, 6) is 0.704. The monoisotopic (exact) mass is 400 g/mol. The summed E-state index contributed by atoms with van der Waals surface area (Å²) < 4.78 is 0. The molecule has 3 heteroatoms. The Morgan fingerprint density at radius 2 is 1.68 bits per heavy atom. The van der Waals surface area contributed by atoms with E-state index in [2.05, 4.69) is 79.9 Å². The van der Waals surface area contributed by atoms with Gasteiger partial charge in [-0.3, -0.25) is 0 Å². The molecule has 0 spiro atoms. The third-order valence-corrected chi connectivity index (χ3v) is 5.42. The molecule has 0 saturated carbocycles. The maximum atomic E-state index is 6.35. The molecule has 28 heavy (non-hydrogen) atoms. The fourth-order valence-electron chi connectivity index (χ4n) is 3.59. The van der Waals surface area contributed by atoms with Crippen LogP contribution < -0.4 is 10.6 Å². The van der Waals surface area contributed by atoms with E-state index in [1.807, 2.05) is 0 Å². The smallest absolute Gasteiger partial charge is 0.0440 e. The molecule has 2 aromatic rings. The van der Waals surface area contributed by atoms with E-state index in [0.717, 1.165) is 43.9 Å². The molecular formula is C25H37ClN2. The van der Waals surface area contributed by atoms with Crippen molar-refractivity contribution in [3.63, 3.8) is 0 Å². The number of halogens is 1. The van der Waals surface area contributed by atoms with Crippen LogP contribution in [0.2, 0.25) is 5.02 Å². The van der Waals surface area contributed by atoms with Gasteiger partial charge in [0.15, 0.2) is 0 Å². The zero-order valence-electron chi connectivity index (χ0n) is 17.8.